The molecular formula is C13H23NO3. The van der Waals surface area contributed by atoms with Crippen molar-refractivity contribution < 1.29 is 14.3 Å². The van der Waals surface area contributed by atoms with Crippen LogP contribution in [0.15, 0.2) is 0 Å². The molecule has 0 spiro atoms. The van der Waals surface area contributed by atoms with Crippen molar-refractivity contribution in [2.75, 3.05) is 19.8 Å². The van der Waals surface area contributed by atoms with Gasteiger partial charge in [0.25, 0.3) is 0 Å². The Bertz CT molecular complexity index is 255. The maximum Gasteiger partial charge on any atom is 0.326 e. The van der Waals surface area contributed by atoms with Gasteiger partial charge in [-0.2, -0.15) is 0 Å². The van der Waals surface area contributed by atoms with Crippen LogP contribution >= 0.6 is 0 Å². The minimum Gasteiger partial charge on any atom is -0.464 e. The van der Waals surface area contributed by atoms with E-state index in [-0.39, 0.29) is 5.97 Å². The average Bonchev–Trinajstić information content (AvgIpc) is 2.38. The molecule has 1 saturated heterocycles. The molecule has 0 aromatic carbocycles. The molecular weight excluding hydrogens is 218 g/mol. The molecule has 0 amide bonds. The summed E-state index contributed by atoms with van der Waals surface area (Å²) in [6, 6.07) is 0. The van der Waals surface area contributed by atoms with E-state index in [4.69, 9.17) is 15.2 Å². The Morgan fingerprint density at radius 2 is 1.88 bits per heavy atom. The van der Waals surface area contributed by atoms with Crippen molar-refractivity contribution in [3.8, 4) is 0 Å². The SMILES string of the molecule is NC1(C(=O)OCC2CCCCC2)CCOCC1. The number of rotatable bonds is 3. The highest BCUT2D eigenvalue weighted by Crippen LogP contribution is 2.25. The van der Waals surface area contributed by atoms with Crippen LogP contribution in [-0.2, 0) is 14.3 Å². The lowest BCUT2D eigenvalue weighted by Gasteiger charge is -2.31. The lowest BCUT2D eigenvalue weighted by Crippen LogP contribution is -2.53. The summed E-state index contributed by atoms with van der Waals surface area (Å²) in [4.78, 5) is 12.0. The number of hydrogen-bond acceptors (Lipinski definition) is 4. The molecule has 2 rings (SSSR count). The Labute approximate surface area is 103 Å². The van der Waals surface area contributed by atoms with Gasteiger partial charge in [-0.1, -0.05) is 19.3 Å². The van der Waals surface area contributed by atoms with Crippen molar-refractivity contribution in [3.05, 3.63) is 0 Å². The van der Waals surface area contributed by atoms with Crippen LogP contribution in [-0.4, -0.2) is 31.3 Å². The number of carbonyl (C=O) groups excluding carboxylic acids is 1. The Morgan fingerprint density at radius 3 is 2.53 bits per heavy atom. The van der Waals surface area contributed by atoms with E-state index in [2.05, 4.69) is 0 Å². The summed E-state index contributed by atoms with van der Waals surface area (Å²) in [6.45, 7) is 1.68. The van der Waals surface area contributed by atoms with Gasteiger partial charge in [0.1, 0.15) is 5.54 Å². The van der Waals surface area contributed by atoms with Crippen LogP contribution in [0.2, 0.25) is 0 Å². The molecule has 98 valence electrons. The molecule has 1 aliphatic heterocycles. The van der Waals surface area contributed by atoms with E-state index >= 15 is 0 Å². The quantitative estimate of drug-likeness (QED) is 0.763. The van der Waals surface area contributed by atoms with Gasteiger partial charge in [-0.05, 0) is 31.6 Å². The lowest BCUT2D eigenvalue weighted by atomic mass is 9.89. The highest BCUT2D eigenvalue weighted by molar-refractivity contribution is 5.80. The fourth-order valence-electron chi connectivity index (χ4n) is 2.63. The zero-order valence-electron chi connectivity index (χ0n) is 10.5. The van der Waals surface area contributed by atoms with E-state index in [9.17, 15) is 4.79 Å². The monoisotopic (exact) mass is 241 g/mol. The van der Waals surface area contributed by atoms with E-state index in [0.29, 0.717) is 38.6 Å². The van der Waals surface area contributed by atoms with Crippen LogP contribution < -0.4 is 5.73 Å². The Morgan fingerprint density at radius 1 is 1.24 bits per heavy atom. The topological polar surface area (TPSA) is 61.6 Å². The maximum absolute atomic E-state index is 12.0. The van der Waals surface area contributed by atoms with Crippen molar-refractivity contribution >= 4 is 5.97 Å². The summed E-state index contributed by atoms with van der Waals surface area (Å²) >= 11 is 0. The second-order valence-electron chi connectivity index (χ2n) is 5.37. The van der Waals surface area contributed by atoms with Crippen LogP contribution in [0.25, 0.3) is 0 Å². The van der Waals surface area contributed by atoms with Crippen LogP contribution in [0.1, 0.15) is 44.9 Å². The molecule has 1 aliphatic carbocycles. The van der Waals surface area contributed by atoms with Gasteiger partial charge in [-0.25, -0.2) is 0 Å². The summed E-state index contributed by atoms with van der Waals surface area (Å²) in [5.74, 6) is 0.322. The van der Waals surface area contributed by atoms with Gasteiger partial charge in [0.05, 0.1) is 6.61 Å². The molecule has 0 aromatic rings. The van der Waals surface area contributed by atoms with Gasteiger partial charge in [0, 0.05) is 13.2 Å². The molecule has 4 nitrogen and oxygen atoms in total. The third-order valence-corrected chi connectivity index (χ3v) is 3.97. The van der Waals surface area contributed by atoms with E-state index in [1.165, 1.54) is 32.1 Å². The van der Waals surface area contributed by atoms with Crippen molar-refractivity contribution in [1.82, 2.24) is 0 Å². The summed E-state index contributed by atoms with van der Waals surface area (Å²) in [5, 5.41) is 0. The van der Waals surface area contributed by atoms with E-state index in [0.717, 1.165) is 0 Å². The molecule has 2 aliphatic rings. The third-order valence-electron chi connectivity index (χ3n) is 3.97. The predicted octanol–water partition coefficient (Wildman–Crippen LogP) is 1.62. The van der Waals surface area contributed by atoms with Gasteiger partial charge >= 0.3 is 5.97 Å². The molecule has 2 N–H and O–H groups in total. The summed E-state index contributed by atoms with van der Waals surface area (Å²) in [5.41, 5.74) is 5.26. The molecule has 4 heteroatoms. The second-order valence-corrected chi connectivity index (χ2v) is 5.37. The largest absolute Gasteiger partial charge is 0.464 e. The first-order valence-electron chi connectivity index (χ1n) is 6.74. The van der Waals surface area contributed by atoms with Crippen molar-refractivity contribution in [2.24, 2.45) is 11.7 Å². The highest BCUT2D eigenvalue weighted by atomic mass is 16.5. The number of ether oxygens (including phenoxy) is 2. The zero-order chi connectivity index (χ0) is 12.1. The minimum absolute atomic E-state index is 0.230. The van der Waals surface area contributed by atoms with Gasteiger partial charge in [-0.3, -0.25) is 4.79 Å². The highest BCUT2D eigenvalue weighted by Gasteiger charge is 2.37. The molecule has 0 radical (unpaired) electrons. The Kier molecular flexibility index (Phi) is 4.40. The number of carbonyl (C=O) groups is 1. The number of nitrogens with two attached hydrogens (primary N) is 1. The fraction of sp³-hybridized carbons (Fsp3) is 0.923. The summed E-state index contributed by atoms with van der Waals surface area (Å²) < 4.78 is 10.6. The molecule has 0 atom stereocenters. The first-order valence-corrected chi connectivity index (χ1v) is 6.74. The molecule has 0 aromatic heterocycles. The van der Waals surface area contributed by atoms with Gasteiger partial charge in [0.2, 0.25) is 0 Å². The van der Waals surface area contributed by atoms with Gasteiger partial charge in [0.15, 0.2) is 0 Å². The van der Waals surface area contributed by atoms with E-state index in [1.54, 1.807) is 0 Å². The van der Waals surface area contributed by atoms with Gasteiger partial charge < -0.3 is 15.2 Å². The summed E-state index contributed by atoms with van der Waals surface area (Å²) in [6.07, 6.45) is 7.39. The molecule has 17 heavy (non-hydrogen) atoms. The number of hydrogen-bond donors (Lipinski definition) is 1. The standard InChI is InChI=1S/C13H23NO3/c14-13(6-8-16-9-7-13)12(15)17-10-11-4-2-1-3-5-11/h11H,1-10,14H2. The first-order chi connectivity index (χ1) is 8.21. The number of esters is 1. The van der Waals surface area contributed by atoms with Crippen LogP contribution in [0.3, 0.4) is 0 Å². The Hall–Kier alpha value is -0.610. The molecule has 0 unspecified atom stereocenters. The smallest absolute Gasteiger partial charge is 0.326 e. The lowest BCUT2D eigenvalue weighted by molar-refractivity contribution is -0.155. The molecule has 2 fully saturated rings. The van der Waals surface area contributed by atoms with Crippen molar-refractivity contribution in [3.63, 3.8) is 0 Å². The average molecular weight is 241 g/mol. The third kappa shape index (κ3) is 3.42. The molecule has 1 heterocycles. The maximum atomic E-state index is 12.0. The fourth-order valence-corrected chi connectivity index (χ4v) is 2.63. The minimum atomic E-state index is -0.799. The van der Waals surface area contributed by atoms with E-state index < -0.39 is 5.54 Å². The Balaban J connectivity index is 1.75. The summed E-state index contributed by atoms with van der Waals surface area (Å²) in [7, 11) is 0. The van der Waals surface area contributed by atoms with Crippen molar-refractivity contribution in [1.29, 1.82) is 0 Å². The van der Waals surface area contributed by atoms with Crippen LogP contribution in [0.5, 0.6) is 0 Å². The first kappa shape index (κ1) is 12.8. The van der Waals surface area contributed by atoms with Crippen LogP contribution in [0, 0.1) is 5.92 Å². The molecule has 0 bridgehead atoms. The van der Waals surface area contributed by atoms with Crippen LogP contribution in [0.4, 0.5) is 0 Å². The normalized spacial score (nSPS) is 25.5. The predicted molar refractivity (Wildman–Crippen MR) is 64.5 cm³/mol. The molecule has 1 saturated carbocycles. The second kappa shape index (κ2) is 5.83. The van der Waals surface area contributed by atoms with E-state index in [1.807, 2.05) is 0 Å². The van der Waals surface area contributed by atoms with Gasteiger partial charge in [-0.15, -0.1) is 0 Å². The zero-order valence-corrected chi connectivity index (χ0v) is 10.5. The van der Waals surface area contributed by atoms with Crippen molar-refractivity contribution in [2.45, 2.75) is 50.5 Å².